The van der Waals surface area contributed by atoms with E-state index in [4.69, 9.17) is 14.2 Å². The summed E-state index contributed by atoms with van der Waals surface area (Å²) >= 11 is 1.66. The maximum atomic E-state index is 5.41. The molecular formula is C17H18N2O3S. The number of benzene rings is 2. The molecule has 0 bridgehead atoms. The number of thioether (sulfide) groups is 1. The van der Waals surface area contributed by atoms with Crippen molar-refractivity contribution in [3.05, 3.63) is 53.6 Å². The summed E-state index contributed by atoms with van der Waals surface area (Å²) in [4.78, 5) is 0. The molecule has 0 saturated heterocycles. The number of hydrogen-bond acceptors (Lipinski definition) is 6. The Labute approximate surface area is 139 Å². The van der Waals surface area contributed by atoms with Crippen LogP contribution in [0.3, 0.4) is 0 Å². The highest BCUT2D eigenvalue weighted by Gasteiger charge is 2.25. The summed E-state index contributed by atoms with van der Waals surface area (Å²) in [6.45, 7) is 0. The molecule has 2 aromatic rings. The van der Waals surface area contributed by atoms with Gasteiger partial charge in [-0.15, -0.1) is 0 Å². The topological polar surface area (TPSA) is 52.1 Å². The smallest absolute Gasteiger partial charge is 0.203 e. The van der Waals surface area contributed by atoms with Crippen LogP contribution in [0.15, 0.2) is 47.6 Å². The lowest BCUT2D eigenvalue weighted by Gasteiger charge is -2.16. The predicted molar refractivity (Wildman–Crippen MR) is 92.5 cm³/mol. The van der Waals surface area contributed by atoms with Crippen molar-refractivity contribution in [3.8, 4) is 17.2 Å². The van der Waals surface area contributed by atoms with Crippen LogP contribution in [-0.2, 0) is 0 Å². The van der Waals surface area contributed by atoms with Crippen LogP contribution in [0, 0.1) is 0 Å². The molecule has 1 N–H and O–H groups in total. The fourth-order valence-corrected chi connectivity index (χ4v) is 3.37. The highest BCUT2D eigenvalue weighted by atomic mass is 32.2. The molecule has 1 heterocycles. The predicted octanol–water partition coefficient (Wildman–Crippen LogP) is 3.41. The summed E-state index contributed by atoms with van der Waals surface area (Å²) in [6, 6.07) is 14.0. The third-order valence-corrected chi connectivity index (χ3v) is 4.69. The van der Waals surface area contributed by atoms with Gasteiger partial charge in [-0.3, -0.25) is 5.43 Å². The number of hydrazone groups is 1. The molecule has 6 heteroatoms. The lowest BCUT2D eigenvalue weighted by atomic mass is 10.2. The Morgan fingerprint density at radius 1 is 0.957 bits per heavy atom. The van der Waals surface area contributed by atoms with Crippen molar-refractivity contribution < 1.29 is 14.2 Å². The molecule has 5 nitrogen and oxygen atoms in total. The molecule has 3 rings (SSSR count). The zero-order valence-electron chi connectivity index (χ0n) is 13.2. The monoisotopic (exact) mass is 330 g/mol. The van der Waals surface area contributed by atoms with Crippen LogP contribution in [0.5, 0.6) is 17.2 Å². The molecule has 120 valence electrons. The molecule has 1 aliphatic rings. The van der Waals surface area contributed by atoms with E-state index in [2.05, 4.69) is 10.5 Å². The Hall–Kier alpha value is -2.34. The normalized spacial score (nSPS) is 16.5. The SMILES string of the molecule is COc1cc([C@H]2NN=C(c3ccccc3)S2)cc(OC)c1OC. The van der Waals surface area contributed by atoms with Crippen molar-refractivity contribution in [1.82, 2.24) is 5.43 Å². The molecule has 1 aliphatic heterocycles. The largest absolute Gasteiger partial charge is 0.493 e. The van der Waals surface area contributed by atoms with Gasteiger partial charge in [0.1, 0.15) is 10.4 Å². The maximum absolute atomic E-state index is 5.41. The van der Waals surface area contributed by atoms with Crippen molar-refractivity contribution in [2.45, 2.75) is 5.37 Å². The average Bonchev–Trinajstić information content (AvgIpc) is 3.11. The van der Waals surface area contributed by atoms with E-state index in [1.807, 2.05) is 42.5 Å². The van der Waals surface area contributed by atoms with Crippen LogP contribution in [0.1, 0.15) is 16.5 Å². The first kappa shape index (κ1) is 15.6. The van der Waals surface area contributed by atoms with E-state index in [1.165, 1.54) is 0 Å². The van der Waals surface area contributed by atoms with E-state index < -0.39 is 0 Å². The quantitative estimate of drug-likeness (QED) is 0.910. The fourth-order valence-electron chi connectivity index (χ4n) is 2.39. The minimum absolute atomic E-state index is 0.00101. The van der Waals surface area contributed by atoms with Gasteiger partial charge >= 0.3 is 0 Å². The molecule has 0 spiro atoms. The number of methoxy groups -OCH3 is 3. The van der Waals surface area contributed by atoms with Gasteiger partial charge in [-0.25, -0.2) is 0 Å². The van der Waals surface area contributed by atoms with E-state index in [-0.39, 0.29) is 5.37 Å². The summed E-state index contributed by atoms with van der Waals surface area (Å²) in [5.74, 6) is 1.86. The number of nitrogens with one attached hydrogen (secondary N) is 1. The highest BCUT2D eigenvalue weighted by molar-refractivity contribution is 8.14. The van der Waals surface area contributed by atoms with E-state index in [0.29, 0.717) is 17.2 Å². The van der Waals surface area contributed by atoms with Gasteiger partial charge in [-0.05, 0) is 17.7 Å². The average molecular weight is 330 g/mol. The standard InChI is InChI=1S/C17H18N2O3S/c1-20-13-9-12(10-14(21-2)15(13)22-3)17-19-18-16(23-17)11-7-5-4-6-8-11/h4-10,17,19H,1-3H3/t17-/m0/s1. The third-order valence-electron chi connectivity index (χ3n) is 3.52. The van der Waals surface area contributed by atoms with Crippen LogP contribution in [0.2, 0.25) is 0 Å². The van der Waals surface area contributed by atoms with E-state index in [9.17, 15) is 0 Å². The second kappa shape index (κ2) is 6.83. The Balaban J connectivity index is 1.87. The van der Waals surface area contributed by atoms with Crippen LogP contribution in [0.25, 0.3) is 0 Å². The summed E-state index contributed by atoms with van der Waals surface area (Å²) in [7, 11) is 4.82. The second-order valence-corrected chi connectivity index (χ2v) is 5.96. The molecule has 0 radical (unpaired) electrons. The molecule has 1 atom stereocenters. The minimum atomic E-state index is -0.00101. The fraction of sp³-hybridized carbons (Fsp3) is 0.235. The summed E-state index contributed by atoms with van der Waals surface area (Å²) in [5, 5.41) is 5.40. The van der Waals surface area contributed by atoms with Crippen LogP contribution < -0.4 is 19.6 Å². The minimum Gasteiger partial charge on any atom is -0.493 e. The van der Waals surface area contributed by atoms with Gasteiger partial charge in [0.05, 0.1) is 21.3 Å². The molecule has 0 unspecified atom stereocenters. The first-order chi connectivity index (χ1) is 11.3. The molecule has 23 heavy (non-hydrogen) atoms. The molecule has 2 aromatic carbocycles. The van der Waals surface area contributed by atoms with Gasteiger partial charge in [-0.1, -0.05) is 42.1 Å². The number of ether oxygens (including phenoxy) is 3. The van der Waals surface area contributed by atoms with Crippen molar-refractivity contribution in [2.75, 3.05) is 21.3 Å². The third kappa shape index (κ3) is 3.07. The zero-order chi connectivity index (χ0) is 16.2. The highest BCUT2D eigenvalue weighted by Crippen LogP contribution is 2.43. The van der Waals surface area contributed by atoms with E-state index in [1.54, 1.807) is 33.1 Å². The Bertz CT molecular complexity index is 694. The first-order valence-electron chi connectivity index (χ1n) is 7.12. The number of nitrogens with zero attached hydrogens (tertiary/aromatic N) is 1. The van der Waals surface area contributed by atoms with Gasteiger partial charge in [-0.2, -0.15) is 5.10 Å². The van der Waals surface area contributed by atoms with Crippen molar-refractivity contribution in [1.29, 1.82) is 0 Å². The van der Waals surface area contributed by atoms with Gasteiger partial charge in [0.25, 0.3) is 0 Å². The Morgan fingerprint density at radius 3 is 2.17 bits per heavy atom. The molecule has 0 fully saturated rings. The summed E-state index contributed by atoms with van der Waals surface area (Å²) in [6.07, 6.45) is 0. The van der Waals surface area contributed by atoms with E-state index in [0.717, 1.165) is 16.2 Å². The summed E-state index contributed by atoms with van der Waals surface area (Å²) < 4.78 is 16.2. The maximum Gasteiger partial charge on any atom is 0.203 e. The van der Waals surface area contributed by atoms with Crippen molar-refractivity contribution in [3.63, 3.8) is 0 Å². The summed E-state index contributed by atoms with van der Waals surface area (Å²) in [5.41, 5.74) is 5.27. The lowest BCUT2D eigenvalue weighted by molar-refractivity contribution is 0.323. The van der Waals surface area contributed by atoms with Gasteiger partial charge in [0.2, 0.25) is 5.75 Å². The van der Waals surface area contributed by atoms with Gasteiger partial charge in [0.15, 0.2) is 11.5 Å². The molecule has 0 saturated carbocycles. The molecular weight excluding hydrogens is 312 g/mol. The lowest BCUT2D eigenvalue weighted by Crippen LogP contribution is -2.07. The Kier molecular flexibility index (Phi) is 4.62. The zero-order valence-corrected chi connectivity index (χ0v) is 14.0. The van der Waals surface area contributed by atoms with Crippen LogP contribution in [-0.4, -0.2) is 26.4 Å². The number of hydrogen-bond donors (Lipinski definition) is 1. The van der Waals surface area contributed by atoms with Crippen molar-refractivity contribution in [2.24, 2.45) is 5.10 Å². The van der Waals surface area contributed by atoms with Gasteiger partial charge < -0.3 is 14.2 Å². The van der Waals surface area contributed by atoms with Crippen LogP contribution in [0.4, 0.5) is 0 Å². The van der Waals surface area contributed by atoms with Crippen LogP contribution >= 0.6 is 11.8 Å². The Morgan fingerprint density at radius 2 is 1.61 bits per heavy atom. The van der Waals surface area contributed by atoms with Gasteiger partial charge in [0, 0.05) is 5.56 Å². The molecule has 0 aromatic heterocycles. The second-order valence-electron chi connectivity index (χ2n) is 4.87. The number of rotatable bonds is 5. The molecule has 0 amide bonds. The molecule has 0 aliphatic carbocycles. The van der Waals surface area contributed by atoms with E-state index >= 15 is 0 Å². The first-order valence-corrected chi connectivity index (χ1v) is 8.00. The van der Waals surface area contributed by atoms with Crippen molar-refractivity contribution >= 4 is 16.8 Å².